The number of ether oxygens (including phenoxy) is 6. The van der Waals surface area contributed by atoms with Crippen molar-refractivity contribution in [3.8, 4) is 5.75 Å². The van der Waals surface area contributed by atoms with Crippen LogP contribution in [0.4, 0.5) is 0 Å². The van der Waals surface area contributed by atoms with Crippen molar-refractivity contribution in [1.82, 2.24) is 19.6 Å². The second-order valence-corrected chi connectivity index (χ2v) is 18.7. The van der Waals surface area contributed by atoms with E-state index in [1.165, 1.54) is 0 Å². The van der Waals surface area contributed by atoms with E-state index in [0.29, 0.717) is 72.1 Å². The molecular weight excluding hydrogens is 732 g/mol. The Kier molecular flexibility index (Phi) is 19.9. The molecule has 1 aliphatic rings. The van der Waals surface area contributed by atoms with Gasteiger partial charge in [-0.3, -0.25) is 38.8 Å². The van der Waals surface area contributed by atoms with Crippen molar-refractivity contribution in [2.24, 2.45) is 0 Å². The van der Waals surface area contributed by atoms with E-state index in [4.69, 9.17) is 28.4 Å². The van der Waals surface area contributed by atoms with E-state index in [2.05, 4.69) is 4.90 Å². The maximum atomic E-state index is 13.6. The van der Waals surface area contributed by atoms with Gasteiger partial charge in [-0.25, -0.2) is 0 Å². The predicted molar refractivity (Wildman–Crippen MR) is 220 cm³/mol. The molecule has 1 aliphatic heterocycles. The molecule has 1 saturated heterocycles. The first-order valence-corrected chi connectivity index (χ1v) is 20.4. The summed E-state index contributed by atoms with van der Waals surface area (Å²) >= 11 is 0. The van der Waals surface area contributed by atoms with Gasteiger partial charge in [0.05, 0.1) is 32.8 Å². The molecule has 0 bridgehead atoms. The van der Waals surface area contributed by atoms with Crippen LogP contribution in [0, 0.1) is 0 Å². The first-order valence-electron chi connectivity index (χ1n) is 20.4. The van der Waals surface area contributed by atoms with Gasteiger partial charge in [-0.05, 0) is 114 Å². The van der Waals surface area contributed by atoms with Crippen LogP contribution >= 0.6 is 0 Å². The second kappa shape index (κ2) is 22.7. The lowest BCUT2D eigenvalue weighted by atomic mass is 10.0. The Morgan fingerprint density at radius 3 is 1.35 bits per heavy atom. The van der Waals surface area contributed by atoms with Crippen LogP contribution in [0.3, 0.4) is 0 Å². The Hall–Kier alpha value is -3.30. The Balaban J connectivity index is 2.60. The number of hydrogen-bond acceptors (Lipinski definition) is 14. The first kappa shape index (κ1) is 49.8. The van der Waals surface area contributed by atoms with Gasteiger partial charge in [-0.2, -0.15) is 0 Å². The van der Waals surface area contributed by atoms with Crippen molar-refractivity contribution in [2.75, 3.05) is 91.8 Å². The average molecular weight is 807 g/mol. The van der Waals surface area contributed by atoms with Crippen molar-refractivity contribution in [3.63, 3.8) is 0 Å². The van der Waals surface area contributed by atoms with Gasteiger partial charge in [-0.1, -0.05) is 12.1 Å². The SMILES string of the molecule is CCOCCOc1ccc(C[C@H]2CN(CC(=O)OC(C)(C)C)CCN(CC(=O)OC(C)(C)C)CCN(CC(=O)OC(C)(C)C)CCN2CC(=O)OC(C)(C)C)cc1. The number of hydrogen-bond donors (Lipinski definition) is 0. The normalized spacial score (nSPS) is 17.9. The smallest absolute Gasteiger partial charge is 0.320 e. The van der Waals surface area contributed by atoms with Crippen LogP contribution in [0.2, 0.25) is 0 Å². The van der Waals surface area contributed by atoms with Crippen molar-refractivity contribution in [2.45, 2.75) is 125 Å². The zero-order chi connectivity index (χ0) is 43.0. The topological polar surface area (TPSA) is 137 Å². The molecule has 14 heteroatoms. The summed E-state index contributed by atoms with van der Waals surface area (Å²) in [7, 11) is 0. The van der Waals surface area contributed by atoms with E-state index < -0.39 is 22.4 Å². The average Bonchev–Trinajstić information content (AvgIpc) is 3.02. The first-order chi connectivity index (χ1) is 26.3. The molecule has 1 atom stereocenters. The van der Waals surface area contributed by atoms with Gasteiger partial charge in [0, 0.05) is 58.5 Å². The van der Waals surface area contributed by atoms with E-state index in [0.717, 1.165) is 11.3 Å². The van der Waals surface area contributed by atoms with Crippen LogP contribution in [0.5, 0.6) is 5.75 Å². The van der Waals surface area contributed by atoms with Crippen LogP contribution in [-0.2, 0) is 49.3 Å². The third-order valence-electron chi connectivity index (χ3n) is 8.32. The highest BCUT2D eigenvalue weighted by Gasteiger charge is 2.31. The monoisotopic (exact) mass is 807 g/mol. The molecule has 0 spiro atoms. The molecule has 326 valence electrons. The molecule has 0 aliphatic carbocycles. The number of esters is 4. The molecule has 1 aromatic rings. The summed E-state index contributed by atoms with van der Waals surface area (Å²) in [4.78, 5) is 61.4. The van der Waals surface area contributed by atoms with Crippen molar-refractivity contribution < 1.29 is 47.6 Å². The molecule has 1 fully saturated rings. The summed E-state index contributed by atoms with van der Waals surface area (Å²) < 4.78 is 34.3. The van der Waals surface area contributed by atoms with Crippen LogP contribution in [0.15, 0.2) is 24.3 Å². The van der Waals surface area contributed by atoms with Crippen molar-refractivity contribution >= 4 is 23.9 Å². The highest BCUT2D eigenvalue weighted by Crippen LogP contribution is 2.19. The Bertz CT molecular complexity index is 1390. The van der Waals surface area contributed by atoms with Gasteiger partial charge < -0.3 is 28.4 Å². The number of benzene rings is 1. The fraction of sp³-hybridized carbons (Fsp3) is 0.767. The summed E-state index contributed by atoms with van der Waals surface area (Å²) in [5, 5.41) is 0. The minimum absolute atomic E-state index is 0.00566. The molecular formula is C43H74N4O10. The minimum Gasteiger partial charge on any atom is -0.491 e. The Morgan fingerprint density at radius 1 is 0.544 bits per heavy atom. The summed E-state index contributed by atoms with van der Waals surface area (Å²) in [5.74, 6) is -0.757. The van der Waals surface area contributed by atoms with E-state index in [1.54, 1.807) is 0 Å². The van der Waals surface area contributed by atoms with Gasteiger partial charge in [0.15, 0.2) is 0 Å². The predicted octanol–water partition coefficient (Wildman–Crippen LogP) is 4.60. The molecule has 14 nitrogen and oxygen atoms in total. The van der Waals surface area contributed by atoms with Crippen LogP contribution in [-0.4, -0.2) is 164 Å². The second-order valence-electron chi connectivity index (χ2n) is 18.7. The standard InChI is InChI=1S/C43H74N4O10/c1-14-52-25-26-53-35-17-15-33(16-18-35)27-34-28-46(31-38(50)56-42(8,9)10)22-21-44(29-36(48)54-40(2,3)4)19-20-45(30-37(49)55-41(5,6)7)23-24-47(34)32-39(51)57-43(11,12)13/h15-18,34H,14,19-32H2,1-13H3/t34-/m0/s1. The van der Waals surface area contributed by atoms with Crippen LogP contribution in [0.25, 0.3) is 0 Å². The third-order valence-corrected chi connectivity index (χ3v) is 8.32. The fourth-order valence-corrected chi connectivity index (χ4v) is 6.17. The summed E-state index contributed by atoms with van der Waals surface area (Å²) in [6.07, 6.45) is 0.528. The molecule has 1 heterocycles. The zero-order valence-electron chi connectivity index (χ0n) is 37.4. The Morgan fingerprint density at radius 2 is 0.930 bits per heavy atom. The van der Waals surface area contributed by atoms with Crippen molar-refractivity contribution in [3.05, 3.63) is 29.8 Å². The maximum Gasteiger partial charge on any atom is 0.320 e. The lowest BCUT2D eigenvalue weighted by molar-refractivity contribution is -0.160. The minimum atomic E-state index is -0.694. The molecule has 0 saturated carbocycles. The Labute approximate surface area is 342 Å². The number of nitrogens with zero attached hydrogens (tertiary/aromatic N) is 4. The molecule has 0 amide bonds. The summed E-state index contributed by atoms with van der Waals surface area (Å²) in [6, 6.07) is 7.57. The number of carbonyl (C=O) groups excluding carboxylic acids is 4. The van der Waals surface area contributed by atoms with Crippen LogP contribution in [0.1, 0.15) is 95.6 Å². The van der Waals surface area contributed by atoms with Gasteiger partial charge in [-0.15, -0.1) is 0 Å². The quantitative estimate of drug-likeness (QED) is 0.139. The maximum absolute atomic E-state index is 13.6. The van der Waals surface area contributed by atoms with E-state index >= 15 is 0 Å². The van der Waals surface area contributed by atoms with Gasteiger partial charge >= 0.3 is 23.9 Å². The van der Waals surface area contributed by atoms with Crippen molar-refractivity contribution in [1.29, 1.82) is 0 Å². The van der Waals surface area contributed by atoms with Crippen LogP contribution < -0.4 is 4.74 Å². The summed E-state index contributed by atoms with van der Waals surface area (Å²) in [5.41, 5.74) is -1.69. The number of rotatable bonds is 15. The molecule has 2 rings (SSSR count). The zero-order valence-corrected chi connectivity index (χ0v) is 37.4. The van der Waals surface area contributed by atoms with E-state index in [1.807, 2.05) is 129 Å². The van der Waals surface area contributed by atoms with Gasteiger partial charge in [0.25, 0.3) is 0 Å². The molecule has 0 unspecified atom stereocenters. The molecule has 57 heavy (non-hydrogen) atoms. The lowest BCUT2D eigenvalue weighted by Crippen LogP contribution is -2.54. The molecule has 0 aromatic heterocycles. The van der Waals surface area contributed by atoms with E-state index in [-0.39, 0.29) is 56.1 Å². The fourth-order valence-electron chi connectivity index (χ4n) is 6.17. The lowest BCUT2D eigenvalue weighted by Gasteiger charge is -2.39. The number of carbonyl (C=O) groups is 4. The highest BCUT2D eigenvalue weighted by atomic mass is 16.6. The highest BCUT2D eigenvalue weighted by molar-refractivity contribution is 5.73. The van der Waals surface area contributed by atoms with Gasteiger partial charge in [0.2, 0.25) is 0 Å². The largest absolute Gasteiger partial charge is 0.491 e. The molecule has 0 radical (unpaired) electrons. The molecule has 0 N–H and O–H groups in total. The summed E-state index contributed by atoms with van der Waals surface area (Å²) in [6.45, 7) is 28.5. The van der Waals surface area contributed by atoms with Gasteiger partial charge in [0.1, 0.15) is 34.8 Å². The van der Waals surface area contributed by atoms with E-state index in [9.17, 15) is 19.2 Å². The third kappa shape index (κ3) is 23.6. The molecule has 1 aromatic carbocycles.